The van der Waals surface area contributed by atoms with E-state index in [-0.39, 0.29) is 11.9 Å². The fourth-order valence-electron chi connectivity index (χ4n) is 1.53. The van der Waals surface area contributed by atoms with Gasteiger partial charge in [-0.2, -0.15) is 0 Å². The fourth-order valence-corrected chi connectivity index (χ4v) is 1.71. The number of hydrogen-bond acceptors (Lipinski definition) is 3. The van der Waals surface area contributed by atoms with E-state index in [0.717, 1.165) is 18.6 Å². The average Bonchev–Trinajstić information content (AvgIpc) is 2.78. The van der Waals surface area contributed by atoms with Gasteiger partial charge in [0.05, 0.1) is 17.3 Å². The first kappa shape index (κ1) is 13.7. The number of hydrogen-bond donors (Lipinski definition) is 2. The van der Waals surface area contributed by atoms with Crippen molar-refractivity contribution in [2.24, 2.45) is 5.73 Å². The Labute approximate surface area is 107 Å². The molecule has 0 aliphatic rings. The van der Waals surface area contributed by atoms with Crippen LogP contribution in [-0.4, -0.2) is 16.9 Å². The first-order valence-electron chi connectivity index (χ1n) is 5.74. The van der Waals surface area contributed by atoms with E-state index in [9.17, 15) is 4.79 Å². The largest absolute Gasteiger partial charge is 0.469 e. The van der Waals surface area contributed by atoms with Crippen LogP contribution in [0.1, 0.15) is 31.9 Å². The third-order valence-electron chi connectivity index (χ3n) is 2.43. The quantitative estimate of drug-likeness (QED) is 0.728. The molecule has 5 heteroatoms. The monoisotopic (exact) mass is 254 g/mol. The summed E-state index contributed by atoms with van der Waals surface area (Å²) in [6, 6.07) is 3.46. The molecule has 1 atom stereocenters. The third kappa shape index (κ3) is 4.99. The Morgan fingerprint density at radius 1 is 1.65 bits per heavy atom. The molecule has 0 aliphatic heterocycles. The van der Waals surface area contributed by atoms with Crippen molar-refractivity contribution < 1.29 is 9.21 Å². The van der Waals surface area contributed by atoms with Gasteiger partial charge < -0.3 is 15.5 Å². The second-order valence-electron chi connectivity index (χ2n) is 3.89. The van der Waals surface area contributed by atoms with E-state index >= 15 is 0 Å². The van der Waals surface area contributed by atoms with Crippen LogP contribution in [0, 0.1) is 0 Å². The number of furan rings is 1. The number of nitrogens with one attached hydrogen (secondary N) is 1. The first-order valence-corrected chi connectivity index (χ1v) is 6.15. The summed E-state index contributed by atoms with van der Waals surface area (Å²) in [7, 11) is 0. The zero-order valence-corrected chi connectivity index (χ0v) is 10.8. The Kier molecular flexibility index (Phi) is 5.69. The zero-order valence-electron chi connectivity index (χ0n) is 9.94. The molecule has 94 valence electrons. The van der Waals surface area contributed by atoms with Gasteiger partial charge in [-0.3, -0.25) is 4.79 Å². The smallest absolute Gasteiger partial charge is 0.221 e. The summed E-state index contributed by atoms with van der Waals surface area (Å²) in [4.78, 5) is 12.0. The molecule has 1 rings (SSSR count). The summed E-state index contributed by atoms with van der Waals surface area (Å²) in [5.41, 5.74) is 5.56. The molecule has 1 unspecified atom stereocenters. The van der Waals surface area contributed by atoms with E-state index in [4.69, 9.17) is 22.4 Å². The van der Waals surface area contributed by atoms with Gasteiger partial charge >= 0.3 is 0 Å². The van der Waals surface area contributed by atoms with Crippen molar-refractivity contribution >= 4 is 23.1 Å². The van der Waals surface area contributed by atoms with Crippen LogP contribution in [0.3, 0.4) is 0 Å². The fraction of sp³-hybridized carbons (Fsp3) is 0.500. The van der Waals surface area contributed by atoms with Crippen molar-refractivity contribution in [1.82, 2.24) is 5.32 Å². The second kappa shape index (κ2) is 7.06. The van der Waals surface area contributed by atoms with E-state index in [1.165, 1.54) is 0 Å². The van der Waals surface area contributed by atoms with E-state index < -0.39 is 0 Å². The number of thiocarbonyl (C=S) groups is 1. The van der Waals surface area contributed by atoms with Crippen molar-refractivity contribution in [3.8, 4) is 0 Å². The molecule has 0 bridgehead atoms. The molecule has 1 aromatic heterocycles. The molecule has 0 spiro atoms. The predicted octanol–water partition coefficient (Wildman–Crippen LogP) is 1.78. The molecular formula is C12H18N2O2S. The lowest BCUT2D eigenvalue weighted by atomic mass is 10.1. The molecule has 0 radical (unpaired) electrons. The highest BCUT2D eigenvalue weighted by molar-refractivity contribution is 7.80. The van der Waals surface area contributed by atoms with Gasteiger partial charge in [-0.05, 0) is 18.6 Å². The SMILES string of the molecule is CCCC(NC(=O)CCc1ccco1)C(N)=S. The van der Waals surface area contributed by atoms with Crippen LogP contribution < -0.4 is 11.1 Å². The first-order chi connectivity index (χ1) is 8.13. The van der Waals surface area contributed by atoms with Crippen molar-refractivity contribution in [2.45, 2.75) is 38.6 Å². The van der Waals surface area contributed by atoms with E-state index in [1.54, 1.807) is 6.26 Å². The highest BCUT2D eigenvalue weighted by Crippen LogP contribution is 2.04. The molecule has 0 fully saturated rings. The molecule has 1 heterocycles. The van der Waals surface area contributed by atoms with Crippen LogP contribution in [-0.2, 0) is 11.2 Å². The van der Waals surface area contributed by atoms with Gasteiger partial charge in [-0.25, -0.2) is 0 Å². The molecule has 17 heavy (non-hydrogen) atoms. The number of rotatable bonds is 7. The number of nitrogens with two attached hydrogens (primary N) is 1. The number of carbonyl (C=O) groups excluding carboxylic acids is 1. The lowest BCUT2D eigenvalue weighted by Crippen LogP contribution is -2.43. The van der Waals surface area contributed by atoms with Crippen LogP contribution in [0.4, 0.5) is 0 Å². The van der Waals surface area contributed by atoms with E-state index in [2.05, 4.69) is 5.32 Å². The van der Waals surface area contributed by atoms with E-state index in [0.29, 0.717) is 17.8 Å². The summed E-state index contributed by atoms with van der Waals surface area (Å²) < 4.78 is 5.15. The molecular weight excluding hydrogens is 236 g/mol. The lowest BCUT2D eigenvalue weighted by Gasteiger charge is -2.16. The number of carbonyl (C=O) groups is 1. The van der Waals surface area contributed by atoms with E-state index in [1.807, 2.05) is 19.1 Å². The van der Waals surface area contributed by atoms with Crippen LogP contribution in [0.2, 0.25) is 0 Å². The highest BCUT2D eigenvalue weighted by atomic mass is 32.1. The molecule has 0 aromatic carbocycles. The maximum atomic E-state index is 11.7. The minimum absolute atomic E-state index is 0.0485. The van der Waals surface area contributed by atoms with Crippen molar-refractivity contribution in [3.63, 3.8) is 0 Å². The minimum atomic E-state index is -0.195. The Morgan fingerprint density at radius 3 is 2.94 bits per heavy atom. The molecule has 1 aromatic rings. The Morgan fingerprint density at radius 2 is 2.41 bits per heavy atom. The van der Waals surface area contributed by atoms with Gasteiger partial charge in [-0.15, -0.1) is 0 Å². The van der Waals surface area contributed by atoms with Crippen molar-refractivity contribution in [3.05, 3.63) is 24.2 Å². The summed E-state index contributed by atoms with van der Waals surface area (Å²) in [5.74, 6) is 0.759. The summed E-state index contributed by atoms with van der Waals surface area (Å²) in [6.07, 6.45) is 4.29. The van der Waals surface area contributed by atoms with Crippen LogP contribution in [0.25, 0.3) is 0 Å². The van der Waals surface area contributed by atoms with Gasteiger partial charge in [-0.1, -0.05) is 25.6 Å². The van der Waals surface area contributed by atoms with Gasteiger partial charge in [0.2, 0.25) is 5.91 Å². The molecule has 0 saturated heterocycles. The Bertz CT molecular complexity index is 363. The molecule has 1 amide bonds. The molecule has 0 aliphatic carbocycles. The second-order valence-corrected chi connectivity index (χ2v) is 4.36. The van der Waals surface area contributed by atoms with Crippen molar-refractivity contribution in [2.75, 3.05) is 0 Å². The number of amides is 1. The maximum Gasteiger partial charge on any atom is 0.221 e. The van der Waals surface area contributed by atoms with Crippen LogP contribution >= 0.6 is 12.2 Å². The third-order valence-corrected chi connectivity index (χ3v) is 2.72. The maximum absolute atomic E-state index is 11.7. The van der Waals surface area contributed by atoms with Gasteiger partial charge in [0, 0.05) is 12.8 Å². The van der Waals surface area contributed by atoms with Crippen LogP contribution in [0.5, 0.6) is 0 Å². The van der Waals surface area contributed by atoms with Gasteiger partial charge in [0.25, 0.3) is 0 Å². The van der Waals surface area contributed by atoms with Gasteiger partial charge in [0.1, 0.15) is 5.76 Å². The Balaban J connectivity index is 2.34. The summed E-state index contributed by atoms with van der Waals surface area (Å²) >= 11 is 4.91. The summed E-state index contributed by atoms with van der Waals surface area (Å²) in [6.45, 7) is 2.03. The average molecular weight is 254 g/mol. The van der Waals surface area contributed by atoms with Crippen molar-refractivity contribution in [1.29, 1.82) is 0 Å². The molecule has 0 saturated carbocycles. The normalized spacial score (nSPS) is 12.1. The predicted molar refractivity (Wildman–Crippen MR) is 70.7 cm³/mol. The summed E-state index contributed by atoms with van der Waals surface area (Å²) in [5, 5.41) is 2.83. The molecule has 4 nitrogen and oxygen atoms in total. The minimum Gasteiger partial charge on any atom is -0.469 e. The lowest BCUT2D eigenvalue weighted by molar-refractivity contribution is -0.121. The standard InChI is InChI=1S/C12H18N2O2S/c1-2-4-10(12(13)17)14-11(15)7-6-9-5-3-8-16-9/h3,5,8,10H,2,4,6-7H2,1H3,(H2,13,17)(H,14,15). The Hall–Kier alpha value is -1.36. The topological polar surface area (TPSA) is 68.3 Å². The molecule has 3 N–H and O–H groups in total. The zero-order chi connectivity index (χ0) is 12.7. The van der Waals surface area contributed by atoms with Gasteiger partial charge in [0.15, 0.2) is 0 Å². The van der Waals surface area contributed by atoms with Crippen LogP contribution in [0.15, 0.2) is 22.8 Å². The number of aryl methyl sites for hydroxylation is 1. The highest BCUT2D eigenvalue weighted by Gasteiger charge is 2.14.